The first-order valence-corrected chi connectivity index (χ1v) is 5.65. The molecule has 4 saturated carbocycles. The molecule has 4 bridgehead atoms. The summed E-state index contributed by atoms with van der Waals surface area (Å²) in [7, 11) is 0. The number of hydrogen-bond donors (Lipinski definition) is 2. The van der Waals surface area contributed by atoms with Gasteiger partial charge < -0.3 is 10.8 Å². The summed E-state index contributed by atoms with van der Waals surface area (Å²) in [5.41, 5.74) is 6.13. The number of carbonyl (C=O) groups is 1. The van der Waals surface area contributed by atoms with Gasteiger partial charge >= 0.3 is 5.97 Å². The third-order valence-electron chi connectivity index (χ3n) is 4.78. The third kappa shape index (κ3) is 0.991. The molecule has 0 spiro atoms. The van der Waals surface area contributed by atoms with E-state index in [0.717, 1.165) is 25.2 Å². The van der Waals surface area contributed by atoms with Crippen LogP contribution < -0.4 is 5.73 Å². The molecule has 14 heavy (non-hydrogen) atoms. The van der Waals surface area contributed by atoms with E-state index in [-0.39, 0.29) is 17.9 Å². The fourth-order valence-electron chi connectivity index (χ4n) is 4.35. The molecule has 0 heterocycles. The molecule has 0 radical (unpaired) electrons. The minimum Gasteiger partial charge on any atom is -0.481 e. The summed E-state index contributed by atoms with van der Waals surface area (Å²) in [4.78, 5) is 11.2. The summed E-state index contributed by atoms with van der Waals surface area (Å²) in [6, 6.07) is 0.170. The average molecular weight is 195 g/mol. The lowest BCUT2D eigenvalue weighted by Crippen LogP contribution is -2.58. The summed E-state index contributed by atoms with van der Waals surface area (Å²) >= 11 is 0. The van der Waals surface area contributed by atoms with Crippen LogP contribution in [-0.4, -0.2) is 17.1 Å². The van der Waals surface area contributed by atoms with Crippen molar-refractivity contribution in [2.45, 2.75) is 31.7 Å². The Morgan fingerprint density at radius 3 is 2.57 bits per heavy atom. The lowest BCUT2D eigenvalue weighted by molar-refractivity contribution is -0.157. The van der Waals surface area contributed by atoms with Gasteiger partial charge in [-0.25, -0.2) is 0 Å². The van der Waals surface area contributed by atoms with Crippen LogP contribution >= 0.6 is 0 Å². The van der Waals surface area contributed by atoms with Crippen LogP contribution in [0.25, 0.3) is 0 Å². The number of carboxylic acid groups (broad SMARTS) is 1. The number of aliphatic carboxylic acids is 1. The largest absolute Gasteiger partial charge is 0.481 e. The first-order chi connectivity index (χ1) is 6.66. The normalized spacial score (nSPS) is 54.9. The van der Waals surface area contributed by atoms with Gasteiger partial charge in [-0.3, -0.25) is 4.79 Å². The highest BCUT2D eigenvalue weighted by atomic mass is 16.4. The topological polar surface area (TPSA) is 63.3 Å². The Morgan fingerprint density at radius 2 is 1.86 bits per heavy atom. The molecule has 3 N–H and O–H groups in total. The summed E-state index contributed by atoms with van der Waals surface area (Å²) < 4.78 is 0. The fourth-order valence-corrected chi connectivity index (χ4v) is 4.35. The lowest BCUT2D eigenvalue weighted by Gasteiger charge is -2.56. The quantitative estimate of drug-likeness (QED) is 0.658. The first kappa shape index (κ1) is 8.72. The molecule has 0 aromatic rings. The predicted octanol–water partition coefficient (Wildman–Crippen LogP) is 1.08. The van der Waals surface area contributed by atoms with Crippen molar-refractivity contribution in [1.29, 1.82) is 0 Å². The highest BCUT2D eigenvalue weighted by molar-refractivity contribution is 5.71. The van der Waals surface area contributed by atoms with Gasteiger partial charge in [-0.15, -0.1) is 0 Å². The minimum atomic E-state index is -0.603. The van der Waals surface area contributed by atoms with Gasteiger partial charge in [0.1, 0.15) is 0 Å². The molecule has 4 aliphatic carbocycles. The zero-order valence-electron chi connectivity index (χ0n) is 8.23. The molecule has 4 rings (SSSR count). The van der Waals surface area contributed by atoms with Gasteiger partial charge in [0.15, 0.2) is 0 Å². The molecule has 4 aliphatic rings. The molecule has 0 saturated heterocycles. The Labute approximate surface area is 83.7 Å². The third-order valence-corrected chi connectivity index (χ3v) is 4.78. The van der Waals surface area contributed by atoms with Crippen molar-refractivity contribution in [2.24, 2.45) is 35.3 Å². The van der Waals surface area contributed by atoms with Crippen LogP contribution in [0.1, 0.15) is 25.7 Å². The van der Waals surface area contributed by atoms with Gasteiger partial charge in [-0.1, -0.05) is 0 Å². The van der Waals surface area contributed by atoms with Crippen LogP contribution in [0.2, 0.25) is 0 Å². The molecule has 3 nitrogen and oxygen atoms in total. The second-order valence-corrected chi connectivity index (χ2v) is 5.43. The molecule has 0 aromatic heterocycles. The Balaban J connectivity index is 1.93. The Morgan fingerprint density at radius 1 is 1.14 bits per heavy atom. The zero-order chi connectivity index (χ0) is 9.87. The van der Waals surface area contributed by atoms with E-state index in [2.05, 4.69) is 0 Å². The Hall–Kier alpha value is -0.570. The second kappa shape index (κ2) is 2.72. The number of hydrogen-bond acceptors (Lipinski definition) is 2. The van der Waals surface area contributed by atoms with Gasteiger partial charge in [0, 0.05) is 6.04 Å². The van der Waals surface area contributed by atoms with Gasteiger partial charge in [0.2, 0.25) is 0 Å². The first-order valence-electron chi connectivity index (χ1n) is 5.65. The maximum atomic E-state index is 11.2. The van der Waals surface area contributed by atoms with E-state index < -0.39 is 5.97 Å². The minimum absolute atomic E-state index is 0.127. The van der Waals surface area contributed by atoms with Crippen LogP contribution in [0.4, 0.5) is 0 Å². The standard InChI is InChI=1S/C11H17NO2/c12-10-7-2-5-1-6(4-7)9(11(13)14)8(10)3-5/h5-10H,1-4,12H2,(H,13,14)/t5?,6?,7?,8-,9-,10+/m0/s1. The van der Waals surface area contributed by atoms with E-state index >= 15 is 0 Å². The Kier molecular flexibility index (Phi) is 1.69. The van der Waals surface area contributed by atoms with Crippen LogP contribution in [0.15, 0.2) is 0 Å². The maximum absolute atomic E-state index is 11.2. The van der Waals surface area contributed by atoms with Crippen molar-refractivity contribution >= 4 is 5.97 Å². The average Bonchev–Trinajstić information content (AvgIpc) is 2.12. The molecule has 78 valence electrons. The molecular weight excluding hydrogens is 178 g/mol. The van der Waals surface area contributed by atoms with Crippen molar-refractivity contribution < 1.29 is 9.90 Å². The highest BCUT2D eigenvalue weighted by Gasteiger charge is 2.54. The zero-order valence-corrected chi connectivity index (χ0v) is 8.23. The molecule has 0 amide bonds. The molecule has 6 atom stereocenters. The number of nitrogens with two attached hydrogens (primary N) is 1. The molecular formula is C11H17NO2. The molecule has 3 heteroatoms. The molecule has 4 fully saturated rings. The summed E-state index contributed by atoms with van der Waals surface area (Å²) in [6.45, 7) is 0. The van der Waals surface area contributed by atoms with E-state index in [0.29, 0.717) is 11.8 Å². The molecule has 0 aliphatic heterocycles. The maximum Gasteiger partial charge on any atom is 0.307 e. The summed E-state index contributed by atoms with van der Waals surface area (Å²) in [6.07, 6.45) is 4.56. The van der Waals surface area contributed by atoms with Gasteiger partial charge in [-0.2, -0.15) is 0 Å². The SMILES string of the molecule is N[C@@H]1C2CC3CC(C2)[C@H](C(=O)O)[C@@H]1C3. The fraction of sp³-hybridized carbons (Fsp3) is 0.909. The summed E-state index contributed by atoms with van der Waals surface area (Å²) in [5, 5.41) is 9.21. The molecule has 3 unspecified atom stereocenters. The van der Waals surface area contributed by atoms with Crippen molar-refractivity contribution in [3.63, 3.8) is 0 Å². The van der Waals surface area contributed by atoms with Gasteiger partial charge in [-0.05, 0) is 49.4 Å². The van der Waals surface area contributed by atoms with Crippen molar-refractivity contribution in [3.8, 4) is 0 Å². The van der Waals surface area contributed by atoms with Crippen molar-refractivity contribution in [2.75, 3.05) is 0 Å². The van der Waals surface area contributed by atoms with E-state index in [4.69, 9.17) is 5.73 Å². The lowest BCUT2D eigenvalue weighted by atomic mass is 9.50. The van der Waals surface area contributed by atoms with E-state index in [1.165, 1.54) is 6.42 Å². The second-order valence-electron chi connectivity index (χ2n) is 5.43. The van der Waals surface area contributed by atoms with Crippen LogP contribution in [-0.2, 0) is 4.79 Å². The monoisotopic (exact) mass is 195 g/mol. The van der Waals surface area contributed by atoms with Gasteiger partial charge in [0.05, 0.1) is 5.92 Å². The van der Waals surface area contributed by atoms with E-state index in [9.17, 15) is 9.90 Å². The number of carboxylic acids is 1. The van der Waals surface area contributed by atoms with Crippen molar-refractivity contribution in [1.82, 2.24) is 0 Å². The van der Waals surface area contributed by atoms with Crippen molar-refractivity contribution in [3.05, 3.63) is 0 Å². The van der Waals surface area contributed by atoms with Crippen LogP contribution in [0.3, 0.4) is 0 Å². The van der Waals surface area contributed by atoms with E-state index in [1.54, 1.807) is 0 Å². The Bertz CT molecular complexity index is 278. The highest BCUT2D eigenvalue weighted by Crippen LogP contribution is 2.55. The van der Waals surface area contributed by atoms with Gasteiger partial charge in [0.25, 0.3) is 0 Å². The predicted molar refractivity (Wildman–Crippen MR) is 51.5 cm³/mol. The van der Waals surface area contributed by atoms with Crippen LogP contribution in [0, 0.1) is 29.6 Å². The number of rotatable bonds is 1. The van der Waals surface area contributed by atoms with Crippen LogP contribution in [0.5, 0.6) is 0 Å². The smallest absolute Gasteiger partial charge is 0.307 e. The summed E-state index contributed by atoms with van der Waals surface area (Å²) in [5.74, 6) is 1.41. The van der Waals surface area contributed by atoms with E-state index in [1.807, 2.05) is 0 Å². The molecule has 0 aromatic carbocycles.